The van der Waals surface area contributed by atoms with E-state index in [9.17, 15) is 9.59 Å². The first-order valence-corrected chi connectivity index (χ1v) is 23.3. The Morgan fingerprint density at radius 3 is 1.53 bits per heavy atom. The average Bonchev–Trinajstić information content (AvgIpc) is 3.20. The van der Waals surface area contributed by atoms with E-state index in [-0.39, 0.29) is 11.8 Å². The molecule has 1 atom stereocenters. The number of anilines is 2. The second-order valence-corrected chi connectivity index (χ2v) is 18.0. The van der Waals surface area contributed by atoms with Crippen molar-refractivity contribution < 1.29 is 18.7 Å². The van der Waals surface area contributed by atoms with E-state index in [0.29, 0.717) is 30.6 Å². The van der Waals surface area contributed by atoms with Gasteiger partial charge in [-0.05, 0) is 80.1 Å². The maximum absolute atomic E-state index is 12.8. The van der Waals surface area contributed by atoms with Crippen LogP contribution in [0.4, 0.5) is 11.4 Å². The Kier molecular flexibility index (Phi) is 18.7. The van der Waals surface area contributed by atoms with Gasteiger partial charge in [0.1, 0.15) is 13.1 Å². The van der Waals surface area contributed by atoms with E-state index in [1.165, 1.54) is 66.6 Å². The molecule has 1 unspecified atom stereocenters. The molecule has 58 heavy (non-hydrogen) atoms. The molecule has 2 aromatic carbocycles. The Balaban J connectivity index is 1.07. The predicted molar refractivity (Wildman–Crippen MR) is 252 cm³/mol. The zero-order chi connectivity index (χ0) is 42.2. The number of benzene rings is 2. The fraction of sp³-hybridized carbons (Fsp3) is 0.458. The minimum absolute atomic E-state index is 0.0888. The minimum Gasteiger partial charge on any atom is -0.375 e. The number of amides is 2. The Hall–Kier alpha value is -4.28. The number of aromatic nitrogens is 1. The third kappa shape index (κ3) is 14.2. The molecule has 4 rings (SSSR count). The van der Waals surface area contributed by atoms with Crippen LogP contribution < -0.4 is 14.4 Å². The fourth-order valence-electron chi connectivity index (χ4n) is 7.52. The van der Waals surface area contributed by atoms with E-state index < -0.39 is 0 Å². The summed E-state index contributed by atoms with van der Waals surface area (Å²) in [4.78, 5) is 33.6. The smallest absolute Gasteiger partial charge is 0.233 e. The quantitative estimate of drug-likeness (QED) is 0.0610. The maximum Gasteiger partial charge on any atom is 0.233 e. The number of pyridine rings is 1. The molecular formula is C48H68N6O2S2+2. The summed E-state index contributed by atoms with van der Waals surface area (Å²) in [6.07, 6.45) is 13.9. The summed E-state index contributed by atoms with van der Waals surface area (Å²) in [6, 6.07) is 22.3. The van der Waals surface area contributed by atoms with Crippen LogP contribution in [0.1, 0.15) is 75.0 Å². The molecule has 0 spiro atoms. The molecule has 0 fully saturated rings. The van der Waals surface area contributed by atoms with Crippen molar-refractivity contribution in [1.82, 2.24) is 9.80 Å². The van der Waals surface area contributed by atoms with Gasteiger partial charge in [0.25, 0.3) is 0 Å². The molecule has 312 valence electrons. The second kappa shape index (κ2) is 23.3. The van der Waals surface area contributed by atoms with Crippen molar-refractivity contribution in [2.45, 2.75) is 73.4 Å². The zero-order valence-corrected chi connectivity index (χ0v) is 38.5. The molecule has 2 amide bonds. The topological polar surface area (TPSA) is 54.0 Å². The monoisotopic (exact) mass is 824 g/mol. The maximum atomic E-state index is 12.8. The highest BCUT2D eigenvalue weighted by Crippen LogP contribution is 2.23. The molecule has 0 saturated heterocycles. The van der Waals surface area contributed by atoms with Gasteiger partial charge in [0.2, 0.25) is 11.8 Å². The summed E-state index contributed by atoms with van der Waals surface area (Å²) >= 11 is 0. The van der Waals surface area contributed by atoms with Gasteiger partial charge in [-0.25, -0.2) is 9.14 Å². The molecule has 0 radical (unpaired) electrons. The molecular weight excluding hydrogens is 757 g/mol. The van der Waals surface area contributed by atoms with Gasteiger partial charge < -0.3 is 19.6 Å². The number of carbonyl (C=O) groups excluding carboxylic acids is 2. The zero-order valence-electron chi connectivity index (χ0n) is 36.8. The van der Waals surface area contributed by atoms with Gasteiger partial charge in [-0.1, -0.05) is 70.2 Å². The lowest BCUT2D eigenvalue weighted by molar-refractivity contribution is -0.705. The van der Waals surface area contributed by atoms with Gasteiger partial charge in [0, 0.05) is 111 Å². The Morgan fingerprint density at radius 1 is 0.655 bits per heavy atom. The standard InChI is InChI=1S/C48H68N6O2S2/c1-11-53-37(3)31-43(32-38(53)4)17-15-41-19-23-45(24-20-41)49(7)27-13-29-51(9)47(55)35-57-58-36-48(56)52(10)30-14-28-50(8)46-25-21-42(22-26-46)16-18-44-33-39(5)54(12-2)40(6)34-44/h15-26,31-33,40H,11-14,27-30,34-36H2,1-10H3/q+2. The summed E-state index contributed by atoms with van der Waals surface area (Å²) in [5.74, 6) is 0.895. The fourth-order valence-corrected chi connectivity index (χ4v) is 9.43. The van der Waals surface area contributed by atoms with Crippen LogP contribution in [0.5, 0.6) is 0 Å². The van der Waals surface area contributed by atoms with Crippen molar-refractivity contribution in [2.75, 3.05) is 82.2 Å². The first-order valence-electron chi connectivity index (χ1n) is 20.8. The van der Waals surface area contributed by atoms with Crippen molar-refractivity contribution in [3.05, 3.63) is 106 Å². The largest absolute Gasteiger partial charge is 0.375 e. The Morgan fingerprint density at radius 2 is 1.10 bits per heavy atom. The van der Waals surface area contributed by atoms with Gasteiger partial charge >= 0.3 is 0 Å². The van der Waals surface area contributed by atoms with E-state index in [0.717, 1.165) is 51.1 Å². The number of allylic oxidation sites excluding steroid dienone is 2. The number of nitrogens with zero attached hydrogens (tertiary/aromatic N) is 6. The molecule has 10 heteroatoms. The lowest BCUT2D eigenvalue weighted by atomic mass is 9.99. The summed E-state index contributed by atoms with van der Waals surface area (Å²) in [5, 5.41) is 0. The van der Waals surface area contributed by atoms with Gasteiger partial charge in [-0.2, -0.15) is 0 Å². The van der Waals surface area contributed by atoms with Gasteiger partial charge in [0.05, 0.1) is 11.5 Å². The van der Waals surface area contributed by atoms with Gasteiger partial charge in [-0.3, -0.25) is 9.59 Å². The molecule has 0 aliphatic carbocycles. The van der Waals surface area contributed by atoms with E-state index in [4.69, 9.17) is 0 Å². The lowest BCUT2D eigenvalue weighted by Crippen LogP contribution is -2.39. The molecule has 0 N–H and O–H groups in total. The second-order valence-electron chi connectivity index (χ2n) is 15.6. The lowest BCUT2D eigenvalue weighted by Gasteiger charge is -2.22. The highest BCUT2D eigenvalue weighted by atomic mass is 33.1. The summed E-state index contributed by atoms with van der Waals surface area (Å²) < 4.78 is 4.77. The van der Waals surface area contributed by atoms with Crippen LogP contribution in [0.25, 0.3) is 18.2 Å². The molecule has 1 aliphatic heterocycles. The average molecular weight is 825 g/mol. The van der Waals surface area contributed by atoms with E-state index in [1.807, 2.05) is 14.1 Å². The molecule has 0 saturated carbocycles. The van der Waals surface area contributed by atoms with Crippen molar-refractivity contribution in [3.63, 3.8) is 0 Å². The van der Waals surface area contributed by atoms with Crippen molar-refractivity contribution >= 4 is 68.7 Å². The highest BCUT2D eigenvalue weighted by Gasteiger charge is 2.22. The number of rotatable bonds is 21. The van der Waals surface area contributed by atoms with E-state index >= 15 is 0 Å². The first kappa shape index (κ1) is 46.4. The van der Waals surface area contributed by atoms with Crippen LogP contribution >= 0.6 is 21.6 Å². The molecule has 2 heterocycles. The van der Waals surface area contributed by atoms with Crippen LogP contribution in [0.2, 0.25) is 0 Å². The molecule has 3 aromatic rings. The van der Waals surface area contributed by atoms with Crippen LogP contribution in [0.15, 0.2) is 78.4 Å². The Labute approximate surface area is 357 Å². The van der Waals surface area contributed by atoms with Crippen LogP contribution in [-0.2, 0) is 16.1 Å². The molecule has 0 bridgehead atoms. The number of carbonyl (C=O) groups is 2. The van der Waals surface area contributed by atoms with E-state index in [2.05, 4.69) is 166 Å². The molecule has 1 aromatic heterocycles. The van der Waals surface area contributed by atoms with Crippen LogP contribution in [-0.4, -0.2) is 110 Å². The van der Waals surface area contributed by atoms with Gasteiger partial charge in [0.15, 0.2) is 23.1 Å². The molecule has 8 nitrogen and oxygen atoms in total. The van der Waals surface area contributed by atoms with Crippen LogP contribution in [0.3, 0.4) is 0 Å². The summed E-state index contributed by atoms with van der Waals surface area (Å²) in [6.45, 7) is 18.3. The predicted octanol–water partition coefficient (Wildman–Crippen LogP) is 8.66. The van der Waals surface area contributed by atoms with Crippen molar-refractivity contribution in [3.8, 4) is 0 Å². The number of hydrogen-bond acceptors (Lipinski definition) is 6. The van der Waals surface area contributed by atoms with Gasteiger partial charge in [-0.15, -0.1) is 0 Å². The third-order valence-electron chi connectivity index (χ3n) is 11.1. The number of aryl methyl sites for hydroxylation is 2. The minimum atomic E-state index is 0.0888. The first-order chi connectivity index (χ1) is 27.8. The van der Waals surface area contributed by atoms with Crippen molar-refractivity contribution in [2.24, 2.45) is 0 Å². The SMILES string of the molecule is CC[N+]1=C(C)C=C(/C=C/c2ccc(N(C)CCCN(C)C(=O)CSSCC(=O)N(C)CCCN(C)c3ccc(/C=C/c4cc(C)[n+](CC)c(C)c4)cc3)cc2)CC1C. The van der Waals surface area contributed by atoms with Crippen LogP contribution in [0, 0.1) is 13.8 Å². The highest BCUT2D eigenvalue weighted by molar-refractivity contribution is 8.77. The number of hydrogen-bond donors (Lipinski definition) is 0. The normalized spacial score (nSPS) is 14.3. The van der Waals surface area contributed by atoms with Crippen molar-refractivity contribution in [1.29, 1.82) is 0 Å². The third-order valence-corrected chi connectivity index (χ3v) is 13.2. The summed E-state index contributed by atoms with van der Waals surface area (Å²) in [7, 11) is 10.8. The Bertz CT molecular complexity index is 1910. The summed E-state index contributed by atoms with van der Waals surface area (Å²) in [5.41, 5.74) is 11.2. The van der Waals surface area contributed by atoms with E-state index in [1.54, 1.807) is 9.80 Å². The molecule has 1 aliphatic rings.